The highest BCUT2D eigenvalue weighted by atomic mass is 32.1. The molecule has 6 heteroatoms. The van der Waals surface area contributed by atoms with Gasteiger partial charge in [0, 0.05) is 15.8 Å². The second kappa shape index (κ2) is 7.31. The molecule has 0 aliphatic heterocycles. The average molecular weight is 414 g/mol. The summed E-state index contributed by atoms with van der Waals surface area (Å²) in [5.74, 6) is 0.139. The molecule has 1 N–H and O–H groups in total. The number of hydrogen-bond donors (Lipinski definition) is 2. The van der Waals surface area contributed by atoms with E-state index in [4.69, 9.17) is 4.98 Å². The molecule has 0 amide bonds. The Morgan fingerprint density at radius 1 is 0.828 bits per heavy atom. The van der Waals surface area contributed by atoms with Crippen molar-refractivity contribution in [1.29, 1.82) is 0 Å². The Hall–Kier alpha value is -3.22. The number of azo groups is 1. The van der Waals surface area contributed by atoms with E-state index in [2.05, 4.69) is 22.9 Å². The summed E-state index contributed by atoms with van der Waals surface area (Å²) < 4.78 is 1.08. The number of aromatic hydroxyl groups is 1. The minimum Gasteiger partial charge on any atom is -0.505 e. The number of hydrogen-bond acceptors (Lipinski definition) is 6. The number of aromatic nitrogens is 1. The maximum Gasteiger partial charge on any atom is 0.150 e. The predicted molar refractivity (Wildman–Crippen MR) is 122 cm³/mol. The van der Waals surface area contributed by atoms with Crippen molar-refractivity contribution in [3.8, 4) is 16.3 Å². The van der Waals surface area contributed by atoms with Crippen molar-refractivity contribution in [2.24, 2.45) is 10.2 Å². The second-order valence-electron chi connectivity index (χ2n) is 6.55. The van der Waals surface area contributed by atoms with E-state index in [1.807, 2.05) is 72.8 Å². The fourth-order valence-corrected chi connectivity index (χ4v) is 4.48. The third kappa shape index (κ3) is 3.37. The highest BCUT2D eigenvalue weighted by Crippen LogP contribution is 2.36. The van der Waals surface area contributed by atoms with Crippen LogP contribution in [0.1, 0.15) is 0 Å². The third-order valence-electron chi connectivity index (χ3n) is 4.66. The van der Waals surface area contributed by atoms with Crippen LogP contribution >= 0.6 is 24.0 Å². The normalized spacial score (nSPS) is 11.6. The highest BCUT2D eigenvalue weighted by Gasteiger charge is 2.09. The topological polar surface area (TPSA) is 57.8 Å². The number of phenolic OH excluding ortho intramolecular Hbond substituents is 1. The molecule has 5 rings (SSSR count). The highest BCUT2D eigenvalue weighted by molar-refractivity contribution is 7.80. The van der Waals surface area contributed by atoms with Gasteiger partial charge in [-0.2, -0.15) is 5.11 Å². The molecule has 0 spiro atoms. The first-order valence-electron chi connectivity index (χ1n) is 9.00. The van der Waals surface area contributed by atoms with Gasteiger partial charge in [-0.25, -0.2) is 4.98 Å². The minimum absolute atomic E-state index is 0.139. The molecule has 4 nitrogen and oxygen atoms in total. The van der Waals surface area contributed by atoms with Crippen molar-refractivity contribution in [3.63, 3.8) is 0 Å². The van der Waals surface area contributed by atoms with Crippen LogP contribution in [-0.4, -0.2) is 10.1 Å². The van der Waals surface area contributed by atoms with E-state index < -0.39 is 0 Å². The van der Waals surface area contributed by atoms with Crippen LogP contribution in [0.15, 0.2) is 94.0 Å². The van der Waals surface area contributed by atoms with E-state index >= 15 is 0 Å². The maximum atomic E-state index is 10.4. The molecule has 1 heterocycles. The number of rotatable bonds is 3. The summed E-state index contributed by atoms with van der Waals surface area (Å²) in [4.78, 5) is 5.63. The smallest absolute Gasteiger partial charge is 0.150 e. The van der Waals surface area contributed by atoms with Crippen LogP contribution in [-0.2, 0) is 0 Å². The fourth-order valence-electron chi connectivity index (χ4n) is 3.16. The van der Waals surface area contributed by atoms with Crippen molar-refractivity contribution >= 4 is 56.3 Å². The van der Waals surface area contributed by atoms with Crippen molar-refractivity contribution in [2.45, 2.75) is 4.90 Å². The molecule has 0 saturated carbocycles. The first-order chi connectivity index (χ1) is 14.2. The SMILES string of the molecule is Oc1c(N=Nc2ccc(-c3nc4cccc(S)c4s3)cc2)ccc2ccccc12. The van der Waals surface area contributed by atoms with Gasteiger partial charge in [-0.05, 0) is 47.9 Å². The van der Waals surface area contributed by atoms with E-state index in [0.29, 0.717) is 11.4 Å². The molecule has 0 radical (unpaired) electrons. The second-order valence-corrected chi connectivity index (χ2v) is 8.03. The predicted octanol–water partition coefficient (Wildman–Crippen LogP) is 7.53. The lowest BCUT2D eigenvalue weighted by atomic mass is 10.1. The molecule has 4 aromatic carbocycles. The fraction of sp³-hybridized carbons (Fsp3) is 0. The standard InChI is InChI=1S/C23H15N3OS2/c27-21-17-5-2-1-4-14(17)10-13-18(21)26-25-16-11-8-15(9-12-16)23-24-19-6-3-7-20(28)22(19)29-23/h1-13,27-28H. The number of nitrogens with zero attached hydrogens (tertiary/aromatic N) is 3. The minimum atomic E-state index is 0.139. The van der Waals surface area contributed by atoms with Gasteiger partial charge in [0.15, 0.2) is 5.75 Å². The van der Waals surface area contributed by atoms with E-state index in [1.165, 1.54) is 0 Å². The Bertz CT molecular complexity index is 1370. The molecule has 0 unspecified atom stereocenters. The Labute approximate surface area is 176 Å². The van der Waals surface area contributed by atoms with Crippen LogP contribution in [0.25, 0.3) is 31.6 Å². The average Bonchev–Trinajstić information content (AvgIpc) is 3.20. The molecule has 140 valence electrons. The van der Waals surface area contributed by atoms with Gasteiger partial charge in [0.25, 0.3) is 0 Å². The Morgan fingerprint density at radius 2 is 1.66 bits per heavy atom. The molecule has 0 atom stereocenters. The summed E-state index contributed by atoms with van der Waals surface area (Å²) in [5, 5.41) is 21.6. The molecular weight excluding hydrogens is 398 g/mol. The Kier molecular flexibility index (Phi) is 4.50. The summed E-state index contributed by atoms with van der Waals surface area (Å²) in [6, 6.07) is 25.0. The Morgan fingerprint density at radius 3 is 2.48 bits per heavy atom. The molecule has 0 fully saturated rings. The van der Waals surface area contributed by atoms with Gasteiger partial charge in [-0.15, -0.1) is 29.1 Å². The Balaban J connectivity index is 1.43. The summed E-state index contributed by atoms with van der Waals surface area (Å²) in [7, 11) is 0. The van der Waals surface area contributed by atoms with Crippen molar-refractivity contribution < 1.29 is 5.11 Å². The molecule has 0 saturated heterocycles. The van der Waals surface area contributed by atoms with Gasteiger partial charge in [-0.1, -0.05) is 36.4 Å². The van der Waals surface area contributed by atoms with Crippen LogP contribution in [0.5, 0.6) is 5.75 Å². The number of benzene rings is 4. The van der Waals surface area contributed by atoms with Crippen LogP contribution in [0.2, 0.25) is 0 Å². The van der Waals surface area contributed by atoms with Crippen molar-refractivity contribution in [3.05, 3.63) is 78.9 Å². The number of phenols is 1. The van der Waals surface area contributed by atoms with Gasteiger partial charge in [0.1, 0.15) is 10.7 Å². The summed E-state index contributed by atoms with van der Waals surface area (Å²) in [5.41, 5.74) is 3.12. The van der Waals surface area contributed by atoms with Gasteiger partial charge >= 0.3 is 0 Å². The third-order valence-corrected chi connectivity index (χ3v) is 6.34. The van der Waals surface area contributed by atoms with E-state index in [1.54, 1.807) is 17.4 Å². The summed E-state index contributed by atoms with van der Waals surface area (Å²) in [6.45, 7) is 0. The zero-order valence-electron chi connectivity index (χ0n) is 15.1. The molecule has 0 aliphatic carbocycles. The molecular formula is C23H15N3OS2. The van der Waals surface area contributed by atoms with E-state index in [-0.39, 0.29) is 5.75 Å². The maximum absolute atomic E-state index is 10.4. The summed E-state index contributed by atoms with van der Waals surface area (Å²) in [6.07, 6.45) is 0. The number of thiol groups is 1. The van der Waals surface area contributed by atoms with Gasteiger partial charge < -0.3 is 5.11 Å². The molecule has 1 aromatic heterocycles. The zero-order chi connectivity index (χ0) is 19.8. The van der Waals surface area contributed by atoms with Crippen molar-refractivity contribution in [1.82, 2.24) is 4.98 Å². The first kappa shape index (κ1) is 17.8. The first-order valence-corrected chi connectivity index (χ1v) is 10.3. The van der Waals surface area contributed by atoms with E-state index in [9.17, 15) is 5.11 Å². The van der Waals surface area contributed by atoms with Crippen molar-refractivity contribution in [2.75, 3.05) is 0 Å². The van der Waals surface area contributed by atoms with Gasteiger partial charge in [0.05, 0.1) is 15.9 Å². The van der Waals surface area contributed by atoms with E-state index in [0.717, 1.165) is 36.5 Å². The zero-order valence-corrected chi connectivity index (χ0v) is 16.9. The van der Waals surface area contributed by atoms with Gasteiger partial charge in [-0.3, -0.25) is 0 Å². The molecule has 29 heavy (non-hydrogen) atoms. The molecule has 0 aliphatic rings. The molecule has 0 bridgehead atoms. The monoisotopic (exact) mass is 413 g/mol. The quantitative estimate of drug-likeness (QED) is 0.237. The van der Waals surface area contributed by atoms with Crippen LogP contribution in [0.4, 0.5) is 11.4 Å². The lowest BCUT2D eigenvalue weighted by Crippen LogP contribution is -1.76. The van der Waals surface area contributed by atoms with Gasteiger partial charge in [0.2, 0.25) is 0 Å². The summed E-state index contributed by atoms with van der Waals surface area (Å²) >= 11 is 6.13. The lowest BCUT2D eigenvalue weighted by Gasteiger charge is -2.03. The van der Waals surface area contributed by atoms with Crippen LogP contribution in [0.3, 0.4) is 0 Å². The lowest BCUT2D eigenvalue weighted by molar-refractivity contribution is 0.482. The number of thiazole rings is 1. The van der Waals surface area contributed by atoms with Crippen LogP contribution in [0, 0.1) is 0 Å². The largest absolute Gasteiger partial charge is 0.505 e. The van der Waals surface area contributed by atoms with Crippen LogP contribution < -0.4 is 0 Å². The number of fused-ring (bicyclic) bond motifs is 2. The molecule has 5 aromatic rings.